The Balaban J connectivity index is 3.73. The van der Waals surface area contributed by atoms with Crippen molar-refractivity contribution in [2.45, 2.75) is 25.7 Å². The summed E-state index contributed by atoms with van der Waals surface area (Å²) in [6, 6.07) is 0. The molecule has 0 fully saturated rings. The molecule has 1 nitrogen and oxygen atoms in total. The van der Waals surface area contributed by atoms with Gasteiger partial charge >= 0.3 is 6.18 Å². The second kappa shape index (κ2) is 3.14. The SMILES string of the molecule is CC(F)NC(F)C(F)(F)F. The molecule has 0 amide bonds. The van der Waals surface area contributed by atoms with E-state index in [9.17, 15) is 22.0 Å². The average molecular weight is 163 g/mol. The molecule has 0 aliphatic carbocycles. The number of alkyl halides is 5. The molecule has 10 heavy (non-hydrogen) atoms. The molecule has 0 aromatic carbocycles. The zero-order valence-corrected chi connectivity index (χ0v) is 5.04. The molecule has 0 bridgehead atoms. The molecule has 1 N–H and O–H groups in total. The Morgan fingerprint density at radius 2 is 1.60 bits per heavy atom. The van der Waals surface area contributed by atoms with Crippen molar-refractivity contribution in [3.8, 4) is 0 Å². The summed E-state index contributed by atoms with van der Waals surface area (Å²) in [6.07, 6.45) is -10.3. The van der Waals surface area contributed by atoms with Crippen LogP contribution in [-0.4, -0.2) is 18.8 Å². The lowest BCUT2D eigenvalue weighted by molar-refractivity contribution is -0.193. The van der Waals surface area contributed by atoms with Crippen LogP contribution in [0, 0.1) is 0 Å². The van der Waals surface area contributed by atoms with Crippen LogP contribution in [0.25, 0.3) is 0 Å². The zero-order valence-electron chi connectivity index (χ0n) is 5.04. The highest BCUT2D eigenvalue weighted by molar-refractivity contribution is 4.62. The van der Waals surface area contributed by atoms with Crippen LogP contribution in [0.5, 0.6) is 0 Å². The first-order chi connectivity index (χ1) is 4.34. The number of hydrogen-bond donors (Lipinski definition) is 1. The van der Waals surface area contributed by atoms with Crippen LogP contribution >= 0.6 is 0 Å². The monoisotopic (exact) mass is 163 g/mol. The molecule has 0 saturated heterocycles. The fraction of sp³-hybridized carbons (Fsp3) is 1.00. The van der Waals surface area contributed by atoms with Crippen molar-refractivity contribution in [1.82, 2.24) is 5.32 Å². The molecule has 62 valence electrons. The summed E-state index contributed by atoms with van der Waals surface area (Å²) in [5.41, 5.74) is 0. The summed E-state index contributed by atoms with van der Waals surface area (Å²) in [5, 5.41) is 1.02. The molecule has 0 heterocycles. The van der Waals surface area contributed by atoms with Crippen molar-refractivity contribution in [1.29, 1.82) is 0 Å². The second-order valence-electron chi connectivity index (χ2n) is 1.69. The van der Waals surface area contributed by atoms with Crippen LogP contribution in [-0.2, 0) is 0 Å². The zero-order chi connectivity index (χ0) is 8.36. The first-order valence-corrected chi connectivity index (χ1v) is 2.45. The van der Waals surface area contributed by atoms with Crippen LogP contribution < -0.4 is 5.32 Å². The van der Waals surface area contributed by atoms with Gasteiger partial charge in [0, 0.05) is 0 Å². The van der Waals surface area contributed by atoms with Crippen LogP contribution in [0.1, 0.15) is 6.92 Å². The maximum atomic E-state index is 11.7. The lowest BCUT2D eigenvalue weighted by atomic mass is 10.5. The van der Waals surface area contributed by atoms with Crippen molar-refractivity contribution in [3.63, 3.8) is 0 Å². The molecule has 0 rings (SSSR count). The molecule has 2 unspecified atom stereocenters. The molecular weight excluding hydrogens is 157 g/mol. The minimum Gasteiger partial charge on any atom is -0.250 e. The Bertz CT molecular complexity index is 98.3. The quantitative estimate of drug-likeness (QED) is 0.483. The molecule has 2 atom stereocenters. The largest absolute Gasteiger partial charge is 0.433 e. The Hall–Kier alpha value is -0.390. The number of halogens is 5. The van der Waals surface area contributed by atoms with Gasteiger partial charge in [0.15, 0.2) is 6.30 Å². The maximum absolute atomic E-state index is 11.7. The van der Waals surface area contributed by atoms with Crippen LogP contribution in [0.3, 0.4) is 0 Å². The molecule has 0 radical (unpaired) electrons. The van der Waals surface area contributed by atoms with Gasteiger partial charge in [0.1, 0.15) is 0 Å². The molecule has 0 spiro atoms. The third kappa shape index (κ3) is 3.60. The fourth-order valence-electron chi connectivity index (χ4n) is 0.296. The van der Waals surface area contributed by atoms with Crippen LogP contribution in [0.15, 0.2) is 0 Å². The maximum Gasteiger partial charge on any atom is 0.433 e. The van der Waals surface area contributed by atoms with E-state index in [1.807, 2.05) is 0 Å². The smallest absolute Gasteiger partial charge is 0.250 e. The van der Waals surface area contributed by atoms with Crippen molar-refractivity contribution < 1.29 is 22.0 Å². The average Bonchev–Trinajstić information content (AvgIpc) is 1.60. The van der Waals surface area contributed by atoms with Crippen LogP contribution in [0.2, 0.25) is 0 Å². The first-order valence-electron chi connectivity index (χ1n) is 2.45. The van der Waals surface area contributed by atoms with E-state index in [4.69, 9.17) is 0 Å². The van der Waals surface area contributed by atoms with E-state index in [-0.39, 0.29) is 0 Å². The van der Waals surface area contributed by atoms with Gasteiger partial charge in [-0.05, 0) is 6.92 Å². The molecular formula is C4H6F5N. The van der Waals surface area contributed by atoms with Crippen molar-refractivity contribution >= 4 is 0 Å². The van der Waals surface area contributed by atoms with Crippen molar-refractivity contribution in [3.05, 3.63) is 0 Å². The van der Waals surface area contributed by atoms with Gasteiger partial charge in [0.2, 0.25) is 6.30 Å². The van der Waals surface area contributed by atoms with Gasteiger partial charge in [-0.2, -0.15) is 13.2 Å². The Morgan fingerprint density at radius 1 is 1.20 bits per heavy atom. The lowest BCUT2D eigenvalue weighted by Gasteiger charge is -2.13. The van der Waals surface area contributed by atoms with Crippen molar-refractivity contribution in [2.75, 3.05) is 0 Å². The van der Waals surface area contributed by atoms with Crippen molar-refractivity contribution in [2.24, 2.45) is 0 Å². The Kier molecular flexibility index (Phi) is 3.01. The van der Waals surface area contributed by atoms with Gasteiger partial charge in [-0.15, -0.1) is 0 Å². The van der Waals surface area contributed by atoms with Gasteiger partial charge < -0.3 is 0 Å². The summed E-state index contributed by atoms with van der Waals surface area (Å²) in [6.45, 7) is 0.776. The predicted molar refractivity (Wildman–Crippen MR) is 24.7 cm³/mol. The minimum atomic E-state index is -5.03. The Morgan fingerprint density at radius 3 is 1.70 bits per heavy atom. The van der Waals surface area contributed by atoms with E-state index >= 15 is 0 Å². The second-order valence-corrected chi connectivity index (χ2v) is 1.69. The molecule has 0 aromatic heterocycles. The molecule has 0 aliphatic heterocycles. The number of hydrogen-bond acceptors (Lipinski definition) is 1. The summed E-state index contributed by atoms with van der Waals surface area (Å²) in [5.74, 6) is 0. The number of nitrogens with one attached hydrogen (secondary N) is 1. The van der Waals surface area contributed by atoms with Gasteiger partial charge in [0.25, 0.3) is 0 Å². The van der Waals surface area contributed by atoms with E-state index in [0.29, 0.717) is 0 Å². The van der Waals surface area contributed by atoms with E-state index in [2.05, 4.69) is 0 Å². The van der Waals surface area contributed by atoms with Gasteiger partial charge in [0.05, 0.1) is 0 Å². The van der Waals surface area contributed by atoms with E-state index < -0.39 is 18.8 Å². The summed E-state index contributed by atoms with van der Waals surface area (Å²) in [7, 11) is 0. The van der Waals surface area contributed by atoms with Crippen LogP contribution in [0.4, 0.5) is 22.0 Å². The predicted octanol–water partition coefficient (Wildman–Crippen LogP) is 1.75. The van der Waals surface area contributed by atoms with E-state index in [1.54, 1.807) is 0 Å². The van der Waals surface area contributed by atoms with Gasteiger partial charge in [-0.25, -0.2) is 8.78 Å². The number of rotatable bonds is 2. The topological polar surface area (TPSA) is 12.0 Å². The third-order valence-electron chi connectivity index (χ3n) is 0.663. The molecule has 0 aromatic rings. The molecule has 6 heteroatoms. The lowest BCUT2D eigenvalue weighted by Crippen LogP contribution is -2.41. The normalized spacial score (nSPS) is 18.6. The highest BCUT2D eigenvalue weighted by Gasteiger charge is 2.40. The van der Waals surface area contributed by atoms with Gasteiger partial charge in [-0.1, -0.05) is 0 Å². The van der Waals surface area contributed by atoms with E-state index in [0.717, 1.165) is 12.2 Å². The highest BCUT2D eigenvalue weighted by atomic mass is 19.4. The molecule has 0 aliphatic rings. The first kappa shape index (κ1) is 9.61. The highest BCUT2D eigenvalue weighted by Crippen LogP contribution is 2.21. The molecule has 0 saturated carbocycles. The van der Waals surface area contributed by atoms with E-state index in [1.165, 1.54) is 0 Å². The summed E-state index contributed by atoms with van der Waals surface area (Å²) in [4.78, 5) is 0. The fourth-order valence-corrected chi connectivity index (χ4v) is 0.296. The third-order valence-corrected chi connectivity index (χ3v) is 0.663. The summed E-state index contributed by atoms with van der Waals surface area (Å²) >= 11 is 0. The Labute approximate surface area is 54.2 Å². The summed E-state index contributed by atoms with van der Waals surface area (Å²) < 4.78 is 56.9. The van der Waals surface area contributed by atoms with Gasteiger partial charge in [-0.3, -0.25) is 5.32 Å². The minimum absolute atomic E-state index is 0.776. The standard InChI is InChI=1S/C4H6F5N/c1-2(5)10-3(6)4(7,8)9/h2-3,10H,1H3.